The van der Waals surface area contributed by atoms with Crippen molar-refractivity contribution in [1.29, 1.82) is 0 Å². The van der Waals surface area contributed by atoms with Crippen LogP contribution < -0.4 is 11.1 Å². The fourth-order valence-corrected chi connectivity index (χ4v) is 1.89. The lowest BCUT2D eigenvalue weighted by atomic mass is 10.0. The molecule has 0 aliphatic heterocycles. The molecule has 1 aromatic carbocycles. The van der Waals surface area contributed by atoms with Gasteiger partial charge in [0.25, 0.3) is 11.6 Å². The van der Waals surface area contributed by atoms with Gasteiger partial charge >= 0.3 is 0 Å². The third kappa shape index (κ3) is 4.16. The summed E-state index contributed by atoms with van der Waals surface area (Å²) in [6, 6.07) is 4.35. The molecule has 0 saturated carbocycles. The van der Waals surface area contributed by atoms with Crippen LogP contribution in [-0.4, -0.2) is 42.4 Å². The second kappa shape index (κ2) is 7.03. The lowest BCUT2D eigenvalue weighted by Crippen LogP contribution is -2.34. The summed E-state index contributed by atoms with van der Waals surface area (Å²) in [6.07, 6.45) is 0. The van der Waals surface area contributed by atoms with Gasteiger partial charge < -0.3 is 16.0 Å². The molecular formula is C14H22N4O3. The summed E-state index contributed by atoms with van der Waals surface area (Å²) in [6.45, 7) is 4.34. The lowest BCUT2D eigenvalue weighted by Gasteiger charge is -2.22. The molecule has 0 heterocycles. The van der Waals surface area contributed by atoms with E-state index in [2.05, 4.69) is 5.32 Å². The molecule has 1 unspecified atom stereocenters. The minimum atomic E-state index is -0.497. The molecule has 116 valence electrons. The van der Waals surface area contributed by atoms with Crippen molar-refractivity contribution in [2.24, 2.45) is 11.7 Å². The summed E-state index contributed by atoms with van der Waals surface area (Å²) >= 11 is 0. The Morgan fingerprint density at radius 3 is 2.48 bits per heavy atom. The number of carbonyl (C=O) groups excluding carboxylic acids is 1. The highest BCUT2D eigenvalue weighted by molar-refractivity contribution is 5.95. The number of nitrogens with one attached hydrogen (secondary N) is 1. The van der Waals surface area contributed by atoms with Crippen LogP contribution in [0.15, 0.2) is 18.2 Å². The zero-order valence-corrected chi connectivity index (χ0v) is 12.8. The number of benzene rings is 1. The van der Waals surface area contributed by atoms with Gasteiger partial charge in [0.15, 0.2) is 0 Å². The van der Waals surface area contributed by atoms with Crippen molar-refractivity contribution >= 4 is 17.3 Å². The van der Waals surface area contributed by atoms with Crippen LogP contribution in [0.3, 0.4) is 0 Å². The molecule has 1 amide bonds. The van der Waals surface area contributed by atoms with Gasteiger partial charge in [-0.2, -0.15) is 0 Å². The highest BCUT2D eigenvalue weighted by Gasteiger charge is 2.21. The smallest absolute Gasteiger partial charge is 0.293 e. The number of hydrogen-bond acceptors (Lipinski definition) is 5. The van der Waals surface area contributed by atoms with E-state index in [0.29, 0.717) is 12.2 Å². The molecule has 0 radical (unpaired) electrons. The van der Waals surface area contributed by atoms with E-state index >= 15 is 0 Å². The van der Waals surface area contributed by atoms with Gasteiger partial charge in [-0.25, -0.2) is 0 Å². The number of nitro groups is 1. The molecule has 0 saturated heterocycles. The first-order valence-corrected chi connectivity index (χ1v) is 6.74. The second-order valence-corrected chi connectivity index (χ2v) is 5.42. The largest absolute Gasteiger partial charge is 0.375 e. The second-order valence-electron chi connectivity index (χ2n) is 5.42. The summed E-state index contributed by atoms with van der Waals surface area (Å²) in [5, 5.41) is 14.3. The highest BCUT2D eigenvalue weighted by Crippen LogP contribution is 2.27. The fourth-order valence-electron chi connectivity index (χ4n) is 1.89. The van der Waals surface area contributed by atoms with Crippen LogP contribution in [0.5, 0.6) is 0 Å². The molecule has 0 aromatic heterocycles. The van der Waals surface area contributed by atoms with E-state index < -0.39 is 4.92 Å². The van der Waals surface area contributed by atoms with Gasteiger partial charge in [-0.3, -0.25) is 14.9 Å². The van der Waals surface area contributed by atoms with E-state index in [1.807, 2.05) is 13.8 Å². The first-order valence-electron chi connectivity index (χ1n) is 6.74. The van der Waals surface area contributed by atoms with Crippen molar-refractivity contribution < 1.29 is 9.72 Å². The Labute approximate surface area is 124 Å². The molecule has 0 spiro atoms. The maximum atomic E-state index is 11.9. The molecule has 0 fully saturated rings. The predicted octanol–water partition coefficient (Wildman–Crippen LogP) is 1.69. The van der Waals surface area contributed by atoms with Crippen molar-refractivity contribution in [3.8, 4) is 0 Å². The quantitative estimate of drug-likeness (QED) is 0.614. The Balaban J connectivity index is 3.16. The lowest BCUT2D eigenvalue weighted by molar-refractivity contribution is -0.384. The predicted molar refractivity (Wildman–Crippen MR) is 82.4 cm³/mol. The molecule has 0 aliphatic carbocycles. The number of carbonyl (C=O) groups is 1. The van der Waals surface area contributed by atoms with Gasteiger partial charge in [0, 0.05) is 38.3 Å². The minimum Gasteiger partial charge on any atom is -0.375 e. The van der Waals surface area contributed by atoms with Crippen LogP contribution in [0.4, 0.5) is 11.4 Å². The third-order valence-corrected chi connectivity index (χ3v) is 3.25. The SMILES string of the molecule is CC(C)C(CN)Nc1ccc(C(=O)N(C)C)cc1[N+](=O)[O-]. The van der Waals surface area contributed by atoms with Gasteiger partial charge in [0.05, 0.1) is 4.92 Å². The Hall–Kier alpha value is -2.15. The van der Waals surface area contributed by atoms with E-state index in [4.69, 9.17) is 5.73 Å². The molecule has 3 N–H and O–H groups in total. The van der Waals surface area contributed by atoms with E-state index in [9.17, 15) is 14.9 Å². The van der Waals surface area contributed by atoms with Crippen LogP contribution in [0.1, 0.15) is 24.2 Å². The zero-order valence-electron chi connectivity index (χ0n) is 12.8. The van der Waals surface area contributed by atoms with Gasteiger partial charge in [-0.15, -0.1) is 0 Å². The van der Waals surface area contributed by atoms with Crippen LogP contribution >= 0.6 is 0 Å². The van der Waals surface area contributed by atoms with Gasteiger partial charge in [0.2, 0.25) is 0 Å². The number of nitrogens with zero attached hydrogens (tertiary/aromatic N) is 2. The molecule has 7 heteroatoms. The van der Waals surface area contributed by atoms with E-state index in [0.717, 1.165) is 0 Å². The van der Waals surface area contributed by atoms with Crippen molar-refractivity contribution in [2.75, 3.05) is 26.0 Å². The van der Waals surface area contributed by atoms with Crippen molar-refractivity contribution in [1.82, 2.24) is 4.90 Å². The molecule has 7 nitrogen and oxygen atoms in total. The summed E-state index contributed by atoms with van der Waals surface area (Å²) < 4.78 is 0. The molecule has 1 atom stereocenters. The van der Waals surface area contributed by atoms with E-state index in [1.165, 1.54) is 11.0 Å². The number of rotatable bonds is 6. The summed E-state index contributed by atoms with van der Waals surface area (Å²) in [4.78, 5) is 24.0. The average Bonchev–Trinajstić information content (AvgIpc) is 2.43. The van der Waals surface area contributed by atoms with Crippen molar-refractivity contribution in [3.05, 3.63) is 33.9 Å². The summed E-state index contributed by atoms with van der Waals surface area (Å²) in [7, 11) is 3.20. The molecule has 0 bridgehead atoms. The minimum absolute atomic E-state index is 0.0703. The first-order chi connectivity index (χ1) is 9.77. The number of anilines is 1. The molecule has 1 aromatic rings. The Kier molecular flexibility index (Phi) is 5.66. The van der Waals surface area contributed by atoms with E-state index in [1.54, 1.807) is 26.2 Å². The zero-order chi connectivity index (χ0) is 16.2. The van der Waals surface area contributed by atoms with E-state index in [-0.39, 0.29) is 29.1 Å². The van der Waals surface area contributed by atoms with Crippen LogP contribution in [0, 0.1) is 16.0 Å². The Morgan fingerprint density at radius 1 is 1.43 bits per heavy atom. The number of amides is 1. The molecule has 21 heavy (non-hydrogen) atoms. The Bertz CT molecular complexity index is 529. The monoisotopic (exact) mass is 294 g/mol. The third-order valence-electron chi connectivity index (χ3n) is 3.25. The normalized spacial score (nSPS) is 12.1. The van der Waals surface area contributed by atoms with Crippen molar-refractivity contribution in [3.63, 3.8) is 0 Å². The molecule has 1 rings (SSSR count). The van der Waals surface area contributed by atoms with Gasteiger partial charge in [-0.1, -0.05) is 13.8 Å². The highest BCUT2D eigenvalue weighted by atomic mass is 16.6. The van der Waals surface area contributed by atoms with Crippen LogP contribution in [0.25, 0.3) is 0 Å². The number of nitro benzene ring substituents is 1. The van der Waals surface area contributed by atoms with Crippen LogP contribution in [-0.2, 0) is 0 Å². The van der Waals surface area contributed by atoms with Crippen LogP contribution in [0.2, 0.25) is 0 Å². The number of hydrogen-bond donors (Lipinski definition) is 2. The summed E-state index contributed by atoms with van der Waals surface area (Å²) in [5.41, 5.74) is 6.21. The maximum absolute atomic E-state index is 11.9. The number of nitrogens with two attached hydrogens (primary N) is 1. The maximum Gasteiger partial charge on any atom is 0.293 e. The van der Waals surface area contributed by atoms with Gasteiger partial charge in [0.1, 0.15) is 5.69 Å². The average molecular weight is 294 g/mol. The standard InChI is InChI=1S/C14H22N4O3/c1-9(2)12(8-15)16-11-6-5-10(14(19)17(3)4)7-13(11)18(20)21/h5-7,9,12,16H,8,15H2,1-4H3. The topological polar surface area (TPSA) is 102 Å². The van der Waals surface area contributed by atoms with Crippen molar-refractivity contribution in [2.45, 2.75) is 19.9 Å². The van der Waals surface area contributed by atoms with Gasteiger partial charge in [-0.05, 0) is 18.1 Å². The fraction of sp³-hybridized carbons (Fsp3) is 0.500. The Morgan fingerprint density at radius 2 is 2.05 bits per heavy atom. The summed E-state index contributed by atoms with van der Waals surface area (Å²) in [5.74, 6) is -0.0402. The molecular weight excluding hydrogens is 272 g/mol. The first kappa shape index (κ1) is 16.9. The molecule has 0 aliphatic rings.